The van der Waals surface area contributed by atoms with Crippen molar-refractivity contribution in [2.24, 2.45) is 0 Å². The first-order chi connectivity index (χ1) is 12.8. The van der Waals surface area contributed by atoms with Crippen molar-refractivity contribution in [2.75, 3.05) is 13.1 Å². The lowest BCUT2D eigenvalue weighted by Crippen LogP contribution is -2.34. The molecule has 1 atom stereocenters. The third-order valence-electron chi connectivity index (χ3n) is 4.97. The molecule has 0 spiro atoms. The van der Waals surface area contributed by atoms with Crippen molar-refractivity contribution in [3.05, 3.63) is 84.1 Å². The lowest BCUT2D eigenvalue weighted by atomic mass is 9.93. The second-order valence-corrected chi connectivity index (χ2v) is 6.86. The number of hydrogen-bond donors (Lipinski definition) is 0. The molecule has 1 fully saturated rings. The summed E-state index contributed by atoms with van der Waals surface area (Å²) in [6.07, 6.45) is 6.01. The lowest BCUT2D eigenvalue weighted by Gasteiger charge is -2.32. The van der Waals surface area contributed by atoms with Crippen LogP contribution in [0.4, 0.5) is 4.39 Å². The fourth-order valence-electron chi connectivity index (χ4n) is 3.69. The van der Waals surface area contributed by atoms with E-state index in [9.17, 15) is 4.39 Å². The number of rotatable bonds is 4. The molecule has 0 aliphatic carbocycles. The Balaban J connectivity index is 1.52. The van der Waals surface area contributed by atoms with Crippen LogP contribution in [0, 0.1) is 5.82 Å². The fourth-order valence-corrected chi connectivity index (χ4v) is 3.69. The maximum atomic E-state index is 14.1. The van der Waals surface area contributed by atoms with Crippen molar-refractivity contribution < 1.29 is 4.39 Å². The van der Waals surface area contributed by atoms with Gasteiger partial charge in [-0.2, -0.15) is 0 Å². The van der Waals surface area contributed by atoms with E-state index >= 15 is 0 Å². The predicted molar refractivity (Wildman–Crippen MR) is 101 cm³/mol. The second kappa shape index (κ2) is 7.75. The smallest absolute Gasteiger partial charge is 0.132 e. The molecule has 132 valence electrons. The van der Waals surface area contributed by atoms with Crippen LogP contribution in [0.25, 0.3) is 11.3 Å². The summed E-state index contributed by atoms with van der Waals surface area (Å²) in [6, 6.07) is 16.9. The molecule has 2 aromatic heterocycles. The second-order valence-electron chi connectivity index (χ2n) is 6.86. The molecular formula is C22H22FN3. The minimum atomic E-state index is -0.223. The van der Waals surface area contributed by atoms with Crippen molar-refractivity contribution in [1.82, 2.24) is 14.9 Å². The number of aromatic nitrogens is 2. The van der Waals surface area contributed by atoms with Crippen LogP contribution in [0.3, 0.4) is 0 Å². The van der Waals surface area contributed by atoms with E-state index in [0.29, 0.717) is 17.2 Å². The van der Waals surface area contributed by atoms with Gasteiger partial charge in [0.05, 0.1) is 5.69 Å². The summed E-state index contributed by atoms with van der Waals surface area (Å²) in [5.41, 5.74) is 3.57. The highest BCUT2D eigenvalue weighted by molar-refractivity contribution is 5.59. The quantitative estimate of drug-likeness (QED) is 0.687. The van der Waals surface area contributed by atoms with Gasteiger partial charge in [0.1, 0.15) is 5.82 Å². The maximum absolute atomic E-state index is 14.1. The summed E-state index contributed by atoms with van der Waals surface area (Å²) in [7, 11) is 0. The average molecular weight is 347 g/mol. The SMILES string of the molecule is Fc1ccccc1-c1cccc([C@@H]2CCCN(Cc3cccnc3)C2)n1. The zero-order chi connectivity index (χ0) is 17.8. The number of hydrogen-bond acceptors (Lipinski definition) is 3. The van der Waals surface area contributed by atoms with E-state index in [0.717, 1.165) is 38.2 Å². The van der Waals surface area contributed by atoms with Crippen LogP contribution < -0.4 is 0 Å². The number of benzene rings is 1. The molecule has 3 heterocycles. The third-order valence-corrected chi connectivity index (χ3v) is 4.97. The summed E-state index contributed by atoms with van der Waals surface area (Å²) in [4.78, 5) is 11.5. The van der Waals surface area contributed by atoms with Gasteiger partial charge in [-0.15, -0.1) is 0 Å². The van der Waals surface area contributed by atoms with Gasteiger partial charge in [-0.1, -0.05) is 24.3 Å². The minimum absolute atomic E-state index is 0.223. The van der Waals surface area contributed by atoms with Gasteiger partial charge in [0, 0.05) is 42.7 Å². The monoisotopic (exact) mass is 347 g/mol. The molecule has 1 aliphatic heterocycles. The van der Waals surface area contributed by atoms with Crippen LogP contribution in [-0.2, 0) is 6.54 Å². The molecule has 26 heavy (non-hydrogen) atoms. The van der Waals surface area contributed by atoms with Gasteiger partial charge in [-0.05, 0) is 55.3 Å². The fraction of sp³-hybridized carbons (Fsp3) is 0.273. The van der Waals surface area contributed by atoms with Crippen LogP contribution in [0.1, 0.15) is 30.0 Å². The first kappa shape index (κ1) is 16.9. The summed E-state index contributed by atoms with van der Waals surface area (Å²) >= 11 is 0. The van der Waals surface area contributed by atoms with E-state index in [1.807, 2.05) is 30.5 Å². The van der Waals surface area contributed by atoms with Gasteiger partial charge in [-0.3, -0.25) is 14.9 Å². The Kier molecular flexibility index (Phi) is 5.02. The van der Waals surface area contributed by atoms with E-state index in [1.54, 1.807) is 18.3 Å². The minimum Gasteiger partial charge on any atom is -0.298 e. The molecule has 0 unspecified atom stereocenters. The average Bonchev–Trinajstić information content (AvgIpc) is 2.69. The van der Waals surface area contributed by atoms with Crippen molar-refractivity contribution in [2.45, 2.75) is 25.3 Å². The molecule has 4 heteroatoms. The molecule has 1 aliphatic rings. The molecule has 0 radical (unpaired) electrons. The number of halogens is 1. The molecule has 0 amide bonds. The molecule has 0 N–H and O–H groups in total. The first-order valence-corrected chi connectivity index (χ1v) is 9.13. The summed E-state index contributed by atoms with van der Waals surface area (Å²) < 4.78 is 14.1. The van der Waals surface area contributed by atoms with Gasteiger partial charge in [0.15, 0.2) is 0 Å². The molecule has 4 rings (SSSR count). The van der Waals surface area contributed by atoms with Crippen LogP contribution >= 0.6 is 0 Å². The number of nitrogens with zero attached hydrogens (tertiary/aromatic N) is 3. The number of pyridine rings is 2. The van der Waals surface area contributed by atoms with Crippen LogP contribution in [-0.4, -0.2) is 28.0 Å². The molecule has 1 aromatic carbocycles. The van der Waals surface area contributed by atoms with Crippen molar-refractivity contribution >= 4 is 0 Å². The van der Waals surface area contributed by atoms with E-state index in [-0.39, 0.29) is 5.82 Å². The van der Waals surface area contributed by atoms with Gasteiger partial charge in [-0.25, -0.2) is 4.39 Å². The van der Waals surface area contributed by atoms with Gasteiger partial charge >= 0.3 is 0 Å². The Morgan fingerprint density at radius 1 is 1.04 bits per heavy atom. The topological polar surface area (TPSA) is 29.0 Å². The standard InChI is InChI=1S/C22H22FN3/c23-20-9-2-1-8-19(20)22-11-3-10-21(25-22)18-7-5-13-26(16-18)15-17-6-4-12-24-14-17/h1-4,6,8-12,14,18H,5,7,13,15-16H2/t18-/m1/s1. The van der Waals surface area contributed by atoms with Crippen LogP contribution in [0.15, 0.2) is 67.0 Å². The Hall–Kier alpha value is -2.59. The molecule has 3 aromatic rings. The molecule has 3 nitrogen and oxygen atoms in total. The Labute approximate surface area is 153 Å². The summed E-state index contributed by atoms with van der Waals surface area (Å²) in [5, 5.41) is 0. The zero-order valence-electron chi connectivity index (χ0n) is 14.7. The van der Waals surface area contributed by atoms with E-state index in [4.69, 9.17) is 4.98 Å². The highest BCUT2D eigenvalue weighted by atomic mass is 19.1. The van der Waals surface area contributed by atoms with Crippen molar-refractivity contribution in [3.63, 3.8) is 0 Å². The van der Waals surface area contributed by atoms with Crippen LogP contribution in [0.2, 0.25) is 0 Å². The Morgan fingerprint density at radius 3 is 2.81 bits per heavy atom. The van der Waals surface area contributed by atoms with Gasteiger partial charge < -0.3 is 0 Å². The molecule has 1 saturated heterocycles. The highest BCUT2D eigenvalue weighted by Gasteiger charge is 2.23. The number of likely N-dealkylation sites (tertiary alicyclic amines) is 1. The third kappa shape index (κ3) is 3.81. The summed E-state index contributed by atoms with van der Waals surface area (Å²) in [6.45, 7) is 2.98. The number of piperidine rings is 1. The molecular weight excluding hydrogens is 325 g/mol. The largest absolute Gasteiger partial charge is 0.298 e. The molecule has 0 saturated carbocycles. The van der Waals surface area contributed by atoms with E-state index < -0.39 is 0 Å². The van der Waals surface area contributed by atoms with Gasteiger partial charge in [0.2, 0.25) is 0 Å². The first-order valence-electron chi connectivity index (χ1n) is 9.13. The Morgan fingerprint density at radius 2 is 1.96 bits per heavy atom. The van der Waals surface area contributed by atoms with Crippen molar-refractivity contribution in [1.29, 1.82) is 0 Å². The normalized spacial score (nSPS) is 18.0. The van der Waals surface area contributed by atoms with E-state index in [2.05, 4.69) is 22.0 Å². The van der Waals surface area contributed by atoms with Crippen molar-refractivity contribution in [3.8, 4) is 11.3 Å². The van der Waals surface area contributed by atoms with Crippen LogP contribution in [0.5, 0.6) is 0 Å². The van der Waals surface area contributed by atoms with Gasteiger partial charge in [0.25, 0.3) is 0 Å². The maximum Gasteiger partial charge on any atom is 0.132 e. The summed E-state index contributed by atoms with van der Waals surface area (Å²) in [5.74, 6) is 0.158. The zero-order valence-corrected chi connectivity index (χ0v) is 14.7. The predicted octanol–water partition coefficient (Wildman–Crippen LogP) is 4.66. The van der Waals surface area contributed by atoms with E-state index in [1.165, 1.54) is 11.6 Å². The lowest BCUT2D eigenvalue weighted by molar-refractivity contribution is 0.198. The highest BCUT2D eigenvalue weighted by Crippen LogP contribution is 2.29. The Bertz CT molecular complexity index is 866. The molecule has 0 bridgehead atoms.